The molecule has 0 unspecified atom stereocenters. The number of nitrogens with zero attached hydrogens (tertiary/aromatic N) is 1. The van der Waals surface area contributed by atoms with Crippen molar-refractivity contribution in [2.45, 2.75) is 0 Å². The number of hydrogen-bond donors (Lipinski definition) is 0. The van der Waals surface area contributed by atoms with E-state index in [0.717, 1.165) is 0 Å². The zero-order valence-corrected chi connectivity index (χ0v) is 8.02. The maximum absolute atomic E-state index is 10.4. The molecule has 76 valence electrons. The molecule has 0 radical (unpaired) electrons. The van der Waals surface area contributed by atoms with Gasteiger partial charge in [-0.1, -0.05) is 0 Å². The Bertz CT molecular complexity index is 314. The number of methoxy groups -OCH3 is 2. The predicted octanol–water partition coefficient (Wildman–Crippen LogP) is 0.885. The van der Waals surface area contributed by atoms with E-state index in [9.17, 15) is 4.79 Å². The average molecular weight is 197 g/mol. The number of hydrogen-bond acceptors (Lipinski definition) is 5. The summed E-state index contributed by atoms with van der Waals surface area (Å²) in [5, 5.41) is 0. The molecule has 0 saturated carbocycles. The molecule has 1 heterocycles. The molecule has 0 aliphatic carbocycles. The number of carbonyl (C=O) groups excluding carboxylic acids is 1. The van der Waals surface area contributed by atoms with Gasteiger partial charge < -0.3 is 14.2 Å². The number of rotatable bonds is 5. The molecule has 0 amide bonds. The van der Waals surface area contributed by atoms with E-state index in [1.54, 1.807) is 0 Å². The second-order valence-corrected chi connectivity index (χ2v) is 2.43. The lowest BCUT2D eigenvalue weighted by Crippen LogP contribution is -2.02. The van der Waals surface area contributed by atoms with Gasteiger partial charge in [0.1, 0.15) is 5.69 Å². The summed E-state index contributed by atoms with van der Waals surface area (Å²) in [6, 6.07) is 1.50. The van der Waals surface area contributed by atoms with E-state index >= 15 is 0 Å². The summed E-state index contributed by atoms with van der Waals surface area (Å²) in [6.45, 7) is 0.110. The van der Waals surface area contributed by atoms with Crippen molar-refractivity contribution in [3.8, 4) is 11.5 Å². The predicted molar refractivity (Wildman–Crippen MR) is 48.7 cm³/mol. The molecule has 5 heteroatoms. The van der Waals surface area contributed by atoms with Crippen molar-refractivity contribution in [1.82, 2.24) is 4.98 Å². The van der Waals surface area contributed by atoms with Crippen LogP contribution in [0.2, 0.25) is 0 Å². The van der Waals surface area contributed by atoms with Crippen molar-refractivity contribution in [1.29, 1.82) is 0 Å². The van der Waals surface area contributed by atoms with E-state index in [2.05, 4.69) is 4.98 Å². The third kappa shape index (κ3) is 2.43. The molecule has 0 aliphatic heterocycles. The zero-order chi connectivity index (χ0) is 10.4. The number of carbonyl (C=O) groups is 1. The van der Waals surface area contributed by atoms with Crippen LogP contribution in [-0.2, 0) is 4.74 Å². The first-order chi connectivity index (χ1) is 6.81. The van der Waals surface area contributed by atoms with Crippen molar-refractivity contribution in [2.24, 2.45) is 0 Å². The van der Waals surface area contributed by atoms with Crippen molar-refractivity contribution < 1.29 is 19.0 Å². The highest BCUT2D eigenvalue weighted by molar-refractivity contribution is 5.73. The van der Waals surface area contributed by atoms with Gasteiger partial charge in [-0.2, -0.15) is 0 Å². The van der Waals surface area contributed by atoms with E-state index in [1.807, 2.05) is 0 Å². The van der Waals surface area contributed by atoms with Gasteiger partial charge in [0.2, 0.25) is 0 Å². The van der Waals surface area contributed by atoms with E-state index in [1.165, 1.54) is 26.5 Å². The Kier molecular flexibility index (Phi) is 3.87. The number of aromatic nitrogens is 1. The Morgan fingerprint density at radius 2 is 2.21 bits per heavy atom. The normalized spacial score (nSPS) is 9.57. The molecule has 0 saturated heterocycles. The third-order valence-electron chi connectivity index (χ3n) is 1.53. The van der Waals surface area contributed by atoms with Crippen LogP contribution in [0.1, 0.15) is 10.5 Å². The molecule has 0 spiro atoms. The molecule has 1 rings (SSSR count). The minimum Gasteiger partial charge on any atom is -0.493 e. The molecule has 1 aromatic rings. The van der Waals surface area contributed by atoms with E-state index in [4.69, 9.17) is 14.2 Å². The van der Waals surface area contributed by atoms with Crippen molar-refractivity contribution in [3.63, 3.8) is 0 Å². The lowest BCUT2D eigenvalue weighted by Gasteiger charge is -2.08. The lowest BCUT2D eigenvalue weighted by molar-refractivity contribution is 0.0488. The second kappa shape index (κ2) is 5.18. The fraction of sp³-hybridized carbons (Fsp3) is 0.333. The summed E-state index contributed by atoms with van der Waals surface area (Å²) in [4.78, 5) is 14.2. The minimum absolute atomic E-state index is 0.110. The van der Waals surface area contributed by atoms with Crippen LogP contribution < -0.4 is 9.47 Å². The molecule has 0 aliphatic rings. The first kappa shape index (κ1) is 10.5. The maximum Gasteiger partial charge on any atom is 0.189 e. The van der Waals surface area contributed by atoms with Crippen LogP contribution in [0.4, 0.5) is 0 Å². The van der Waals surface area contributed by atoms with Crippen LogP contribution in [0, 0.1) is 0 Å². The fourth-order valence-electron chi connectivity index (χ4n) is 0.894. The van der Waals surface area contributed by atoms with Crippen molar-refractivity contribution >= 4 is 6.29 Å². The Morgan fingerprint density at radius 3 is 2.79 bits per heavy atom. The number of aldehydes is 1. The summed E-state index contributed by atoms with van der Waals surface area (Å²) in [7, 11) is 3.00. The van der Waals surface area contributed by atoms with Crippen LogP contribution in [0.25, 0.3) is 0 Å². The number of ether oxygens (including phenoxy) is 3. The van der Waals surface area contributed by atoms with Gasteiger partial charge in [-0.25, -0.2) is 4.98 Å². The van der Waals surface area contributed by atoms with Crippen LogP contribution >= 0.6 is 0 Å². The summed E-state index contributed by atoms with van der Waals surface area (Å²) in [6.07, 6.45) is 2.06. The van der Waals surface area contributed by atoms with E-state index in [-0.39, 0.29) is 6.79 Å². The quantitative estimate of drug-likeness (QED) is 0.518. The van der Waals surface area contributed by atoms with Gasteiger partial charge in [0.05, 0.1) is 13.3 Å². The van der Waals surface area contributed by atoms with Crippen LogP contribution in [0.15, 0.2) is 12.3 Å². The fourth-order valence-corrected chi connectivity index (χ4v) is 0.894. The van der Waals surface area contributed by atoms with Gasteiger partial charge in [0, 0.05) is 13.2 Å². The molecule has 0 bridgehead atoms. The maximum atomic E-state index is 10.4. The smallest absolute Gasteiger partial charge is 0.189 e. The van der Waals surface area contributed by atoms with Gasteiger partial charge >= 0.3 is 0 Å². The zero-order valence-electron chi connectivity index (χ0n) is 8.02. The summed E-state index contributed by atoms with van der Waals surface area (Å²) in [5.41, 5.74) is 0.298. The van der Waals surface area contributed by atoms with Crippen LogP contribution in [0.3, 0.4) is 0 Å². The molecular weight excluding hydrogens is 186 g/mol. The largest absolute Gasteiger partial charge is 0.493 e. The Balaban J connectivity index is 2.87. The monoisotopic (exact) mass is 197 g/mol. The summed E-state index contributed by atoms with van der Waals surface area (Å²) >= 11 is 0. The average Bonchev–Trinajstić information content (AvgIpc) is 2.26. The number of pyridine rings is 1. The topological polar surface area (TPSA) is 57.7 Å². The highest BCUT2D eigenvalue weighted by atomic mass is 16.7. The standard InChI is InChI=1S/C9H11NO4/c1-12-6-14-9-4-10-7(5-11)3-8(9)13-2/h3-5H,6H2,1-2H3. The Morgan fingerprint density at radius 1 is 1.43 bits per heavy atom. The molecule has 0 aromatic carbocycles. The van der Waals surface area contributed by atoms with E-state index in [0.29, 0.717) is 23.5 Å². The Hall–Kier alpha value is -1.62. The molecule has 0 atom stereocenters. The third-order valence-corrected chi connectivity index (χ3v) is 1.53. The van der Waals surface area contributed by atoms with Crippen LogP contribution in [-0.4, -0.2) is 32.3 Å². The van der Waals surface area contributed by atoms with E-state index < -0.39 is 0 Å². The van der Waals surface area contributed by atoms with Gasteiger partial charge in [-0.15, -0.1) is 0 Å². The molecule has 0 N–H and O–H groups in total. The van der Waals surface area contributed by atoms with Crippen LogP contribution in [0.5, 0.6) is 11.5 Å². The molecule has 1 aromatic heterocycles. The van der Waals surface area contributed by atoms with Gasteiger partial charge in [0.15, 0.2) is 24.6 Å². The van der Waals surface area contributed by atoms with Crippen molar-refractivity contribution in [3.05, 3.63) is 18.0 Å². The molecule has 5 nitrogen and oxygen atoms in total. The molecule has 0 fully saturated rings. The summed E-state index contributed by atoms with van der Waals surface area (Å²) in [5.74, 6) is 0.902. The van der Waals surface area contributed by atoms with Crippen molar-refractivity contribution in [2.75, 3.05) is 21.0 Å². The first-order valence-corrected chi connectivity index (χ1v) is 3.92. The highest BCUT2D eigenvalue weighted by Crippen LogP contribution is 2.25. The van der Waals surface area contributed by atoms with Gasteiger partial charge in [-0.3, -0.25) is 4.79 Å². The molecule has 14 heavy (non-hydrogen) atoms. The lowest BCUT2D eigenvalue weighted by atomic mass is 10.3. The summed E-state index contributed by atoms with van der Waals surface area (Å²) < 4.78 is 14.9. The second-order valence-electron chi connectivity index (χ2n) is 2.43. The highest BCUT2D eigenvalue weighted by Gasteiger charge is 2.05. The minimum atomic E-state index is 0.110. The van der Waals surface area contributed by atoms with Gasteiger partial charge in [0.25, 0.3) is 0 Å². The molecular formula is C9H11NO4. The first-order valence-electron chi connectivity index (χ1n) is 3.92. The Labute approximate surface area is 81.6 Å². The SMILES string of the molecule is COCOc1cnc(C=O)cc1OC. The van der Waals surface area contributed by atoms with Gasteiger partial charge in [-0.05, 0) is 0 Å².